The maximum absolute atomic E-state index is 8.93. The normalized spacial score (nSPS) is 10.9. The molecule has 0 aromatic heterocycles. The van der Waals surface area contributed by atoms with Gasteiger partial charge in [0.15, 0.2) is 0 Å². The lowest BCUT2D eigenvalue weighted by atomic mass is 10.4. The van der Waals surface area contributed by atoms with Crippen molar-refractivity contribution in [2.45, 2.75) is 18.2 Å². The number of hydrogen-bond acceptors (Lipinski definition) is 3. The van der Waals surface area contributed by atoms with Gasteiger partial charge < -0.3 is 10.0 Å². The second kappa shape index (κ2) is 8.62. The number of hydrogen-bond donors (Lipinski definition) is 1. The summed E-state index contributed by atoms with van der Waals surface area (Å²) in [6.45, 7) is 5.36. The molecule has 0 radical (unpaired) electrons. The summed E-state index contributed by atoms with van der Waals surface area (Å²) in [6, 6.07) is 10.5. The van der Waals surface area contributed by atoms with Crippen LogP contribution in [-0.2, 0) is 0 Å². The SMILES string of the molecule is CCCN(CCO)CCSc1ccccc1. The monoisotopic (exact) mass is 239 g/mol. The van der Waals surface area contributed by atoms with Crippen LogP contribution in [0.4, 0.5) is 0 Å². The van der Waals surface area contributed by atoms with E-state index >= 15 is 0 Å². The molecule has 0 aliphatic heterocycles. The minimum Gasteiger partial charge on any atom is -0.395 e. The Hall–Kier alpha value is -0.510. The quantitative estimate of drug-likeness (QED) is 0.705. The number of thioether (sulfide) groups is 1. The smallest absolute Gasteiger partial charge is 0.0558 e. The van der Waals surface area contributed by atoms with E-state index in [9.17, 15) is 0 Å². The van der Waals surface area contributed by atoms with E-state index in [1.54, 1.807) is 0 Å². The molecule has 0 atom stereocenters. The third-order valence-corrected chi connectivity index (χ3v) is 3.37. The topological polar surface area (TPSA) is 23.5 Å². The summed E-state index contributed by atoms with van der Waals surface area (Å²) in [5, 5.41) is 8.93. The van der Waals surface area contributed by atoms with Crippen molar-refractivity contribution < 1.29 is 5.11 Å². The van der Waals surface area contributed by atoms with Crippen molar-refractivity contribution in [1.82, 2.24) is 4.90 Å². The molecular weight excluding hydrogens is 218 g/mol. The first-order valence-electron chi connectivity index (χ1n) is 5.88. The molecule has 0 fully saturated rings. The highest BCUT2D eigenvalue weighted by Gasteiger charge is 2.02. The minimum absolute atomic E-state index is 0.260. The van der Waals surface area contributed by atoms with Gasteiger partial charge in [-0.15, -0.1) is 11.8 Å². The van der Waals surface area contributed by atoms with Crippen LogP contribution in [0, 0.1) is 0 Å². The fraction of sp³-hybridized carbons (Fsp3) is 0.538. The summed E-state index contributed by atoms with van der Waals surface area (Å²) in [6.07, 6.45) is 1.15. The summed E-state index contributed by atoms with van der Waals surface area (Å²) in [5.41, 5.74) is 0. The Labute approximate surface area is 103 Å². The molecule has 1 aromatic rings. The summed E-state index contributed by atoms with van der Waals surface area (Å²) in [5.74, 6) is 1.09. The van der Waals surface area contributed by atoms with Crippen LogP contribution in [0.15, 0.2) is 35.2 Å². The van der Waals surface area contributed by atoms with Gasteiger partial charge in [-0.3, -0.25) is 0 Å². The number of rotatable bonds is 8. The van der Waals surface area contributed by atoms with Gasteiger partial charge in [0.25, 0.3) is 0 Å². The van der Waals surface area contributed by atoms with E-state index in [1.807, 2.05) is 17.8 Å². The standard InChI is InChI=1S/C13H21NOS/c1-2-8-14(9-11-15)10-12-16-13-6-4-3-5-7-13/h3-7,15H,2,8-12H2,1H3. The largest absolute Gasteiger partial charge is 0.395 e. The van der Waals surface area contributed by atoms with Crippen LogP contribution in [0.3, 0.4) is 0 Å². The fourth-order valence-corrected chi connectivity index (χ4v) is 2.54. The molecule has 2 nitrogen and oxygen atoms in total. The Kier molecular flexibility index (Phi) is 7.30. The van der Waals surface area contributed by atoms with Gasteiger partial charge in [-0.1, -0.05) is 25.1 Å². The molecule has 0 saturated heterocycles. The highest BCUT2D eigenvalue weighted by atomic mass is 32.2. The van der Waals surface area contributed by atoms with E-state index in [-0.39, 0.29) is 6.61 Å². The fourth-order valence-electron chi connectivity index (χ4n) is 1.60. The second-order valence-electron chi connectivity index (χ2n) is 3.73. The zero-order valence-corrected chi connectivity index (χ0v) is 10.7. The van der Waals surface area contributed by atoms with Crippen molar-refractivity contribution in [1.29, 1.82) is 0 Å². The maximum Gasteiger partial charge on any atom is 0.0558 e. The third-order valence-electron chi connectivity index (χ3n) is 2.38. The van der Waals surface area contributed by atoms with E-state index < -0.39 is 0 Å². The average Bonchev–Trinajstić information content (AvgIpc) is 2.31. The second-order valence-corrected chi connectivity index (χ2v) is 4.90. The Bertz CT molecular complexity index is 260. The molecule has 1 N–H and O–H groups in total. The van der Waals surface area contributed by atoms with Crippen molar-refractivity contribution in [3.8, 4) is 0 Å². The predicted octanol–water partition coefficient (Wildman–Crippen LogP) is 2.48. The van der Waals surface area contributed by atoms with Crippen LogP contribution in [0.2, 0.25) is 0 Å². The first-order valence-corrected chi connectivity index (χ1v) is 6.86. The average molecular weight is 239 g/mol. The van der Waals surface area contributed by atoms with Crippen molar-refractivity contribution in [2.75, 3.05) is 32.0 Å². The molecule has 90 valence electrons. The first-order chi connectivity index (χ1) is 7.86. The van der Waals surface area contributed by atoms with E-state index in [2.05, 4.69) is 36.1 Å². The Morgan fingerprint density at radius 2 is 1.88 bits per heavy atom. The van der Waals surface area contributed by atoms with Gasteiger partial charge >= 0.3 is 0 Å². The van der Waals surface area contributed by atoms with Crippen LogP contribution in [-0.4, -0.2) is 42.0 Å². The number of aliphatic hydroxyl groups is 1. The number of nitrogens with zero attached hydrogens (tertiary/aromatic N) is 1. The van der Waals surface area contributed by atoms with Gasteiger partial charge in [-0.05, 0) is 25.1 Å². The van der Waals surface area contributed by atoms with E-state index in [0.717, 1.165) is 31.8 Å². The molecule has 1 aromatic carbocycles. The van der Waals surface area contributed by atoms with E-state index in [0.29, 0.717) is 0 Å². The number of benzene rings is 1. The molecule has 3 heteroatoms. The maximum atomic E-state index is 8.93. The van der Waals surface area contributed by atoms with Gasteiger partial charge in [0.2, 0.25) is 0 Å². The Balaban J connectivity index is 2.22. The van der Waals surface area contributed by atoms with Crippen LogP contribution in [0.5, 0.6) is 0 Å². The molecule has 0 spiro atoms. The summed E-state index contributed by atoms with van der Waals surface area (Å²) >= 11 is 1.88. The summed E-state index contributed by atoms with van der Waals surface area (Å²) in [7, 11) is 0. The van der Waals surface area contributed by atoms with Gasteiger partial charge in [0, 0.05) is 23.7 Å². The minimum atomic E-state index is 0.260. The van der Waals surface area contributed by atoms with E-state index in [1.165, 1.54) is 4.90 Å². The zero-order chi connectivity index (χ0) is 11.6. The number of aliphatic hydroxyl groups excluding tert-OH is 1. The van der Waals surface area contributed by atoms with Gasteiger partial charge in [0.1, 0.15) is 0 Å². The molecule has 16 heavy (non-hydrogen) atoms. The molecule has 0 bridgehead atoms. The first kappa shape index (κ1) is 13.6. The van der Waals surface area contributed by atoms with Crippen LogP contribution < -0.4 is 0 Å². The highest BCUT2D eigenvalue weighted by Crippen LogP contribution is 2.16. The lowest BCUT2D eigenvalue weighted by Crippen LogP contribution is -2.29. The van der Waals surface area contributed by atoms with Crippen LogP contribution in [0.1, 0.15) is 13.3 Å². The van der Waals surface area contributed by atoms with E-state index in [4.69, 9.17) is 5.11 Å². The third kappa shape index (κ3) is 5.54. The Morgan fingerprint density at radius 3 is 2.50 bits per heavy atom. The zero-order valence-electron chi connectivity index (χ0n) is 9.93. The Morgan fingerprint density at radius 1 is 1.12 bits per heavy atom. The van der Waals surface area contributed by atoms with Gasteiger partial charge in [0.05, 0.1) is 6.61 Å². The lowest BCUT2D eigenvalue weighted by molar-refractivity contribution is 0.203. The van der Waals surface area contributed by atoms with Gasteiger partial charge in [-0.2, -0.15) is 0 Å². The summed E-state index contributed by atoms with van der Waals surface area (Å²) in [4.78, 5) is 3.64. The molecule has 0 aliphatic carbocycles. The van der Waals surface area contributed by atoms with Crippen molar-refractivity contribution in [2.24, 2.45) is 0 Å². The molecule has 1 rings (SSSR count). The molecule has 0 unspecified atom stereocenters. The predicted molar refractivity (Wildman–Crippen MR) is 71.0 cm³/mol. The molecule has 0 heterocycles. The summed E-state index contributed by atoms with van der Waals surface area (Å²) < 4.78 is 0. The molecule has 0 amide bonds. The van der Waals surface area contributed by atoms with Crippen molar-refractivity contribution in [3.05, 3.63) is 30.3 Å². The van der Waals surface area contributed by atoms with Crippen molar-refractivity contribution >= 4 is 11.8 Å². The highest BCUT2D eigenvalue weighted by molar-refractivity contribution is 7.99. The van der Waals surface area contributed by atoms with Crippen molar-refractivity contribution in [3.63, 3.8) is 0 Å². The van der Waals surface area contributed by atoms with Gasteiger partial charge in [-0.25, -0.2) is 0 Å². The molecular formula is C13H21NOS. The van der Waals surface area contributed by atoms with Crippen LogP contribution >= 0.6 is 11.8 Å². The molecule has 0 saturated carbocycles. The lowest BCUT2D eigenvalue weighted by Gasteiger charge is -2.19. The van der Waals surface area contributed by atoms with Crippen LogP contribution in [0.25, 0.3) is 0 Å². The molecule has 0 aliphatic rings.